The SMILES string of the molecule is COc1cccc(OC)c1C(=O)NCc1ccc(C(O)c2ccsc2)s1. The van der Waals surface area contributed by atoms with Gasteiger partial charge in [0.15, 0.2) is 0 Å². The van der Waals surface area contributed by atoms with Gasteiger partial charge in [0.2, 0.25) is 0 Å². The molecule has 3 rings (SSSR count). The second-order valence-corrected chi connectivity index (χ2v) is 7.46. The third kappa shape index (κ3) is 3.90. The van der Waals surface area contributed by atoms with Crippen LogP contribution in [0.25, 0.3) is 0 Å². The van der Waals surface area contributed by atoms with Crippen molar-refractivity contribution < 1.29 is 19.4 Å². The average Bonchev–Trinajstić information content (AvgIpc) is 3.36. The first-order valence-corrected chi connectivity index (χ1v) is 9.68. The van der Waals surface area contributed by atoms with Gasteiger partial charge in [-0.1, -0.05) is 6.07 Å². The molecule has 2 heterocycles. The van der Waals surface area contributed by atoms with E-state index in [0.29, 0.717) is 23.6 Å². The van der Waals surface area contributed by atoms with Crippen LogP contribution in [0.4, 0.5) is 0 Å². The lowest BCUT2D eigenvalue weighted by Gasteiger charge is -2.12. The predicted molar refractivity (Wildman–Crippen MR) is 103 cm³/mol. The Kier molecular flexibility index (Phi) is 5.92. The van der Waals surface area contributed by atoms with Gasteiger partial charge in [-0.25, -0.2) is 0 Å². The molecule has 7 heteroatoms. The van der Waals surface area contributed by atoms with E-state index in [2.05, 4.69) is 5.32 Å². The fraction of sp³-hybridized carbons (Fsp3) is 0.211. The Balaban J connectivity index is 1.69. The lowest BCUT2D eigenvalue weighted by atomic mass is 10.1. The molecule has 1 atom stereocenters. The van der Waals surface area contributed by atoms with Gasteiger partial charge in [-0.2, -0.15) is 11.3 Å². The number of amides is 1. The highest BCUT2D eigenvalue weighted by atomic mass is 32.1. The maximum Gasteiger partial charge on any atom is 0.259 e. The van der Waals surface area contributed by atoms with Crippen molar-refractivity contribution in [2.45, 2.75) is 12.6 Å². The number of carbonyl (C=O) groups is 1. The molecule has 2 aromatic heterocycles. The van der Waals surface area contributed by atoms with E-state index in [0.717, 1.165) is 15.3 Å². The standard InChI is InChI=1S/C19H19NO4S2/c1-23-14-4-3-5-15(24-2)17(14)19(22)20-10-13-6-7-16(26-13)18(21)12-8-9-25-11-12/h3-9,11,18,21H,10H2,1-2H3,(H,20,22). The number of hydrogen-bond acceptors (Lipinski definition) is 6. The van der Waals surface area contributed by atoms with Crippen LogP contribution in [0, 0.1) is 0 Å². The molecule has 1 unspecified atom stereocenters. The molecule has 0 bridgehead atoms. The van der Waals surface area contributed by atoms with Gasteiger partial charge in [-0.3, -0.25) is 4.79 Å². The predicted octanol–water partition coefficient (Wildman–Crippen LogP) is 3.84. The summed E-state index contributed by atoms with van der Waals surface area (Å²) >= 11 is 3.03. The van der Waals surface area contributed by atoms with Crippen LogP contribution in [0.15, 0.2) is 47.2 Å². The molecule has 3 aromatic rings. The lowest BCUT2D eigenvalue weighted by molar-refractivity contribution is 0.0945. The van der Waals surface area contributed by atoms with E-state index >= 15 is 0 Å². The topological polar surface area (TPSA) is 67.8 Å². The van der Waals surface area contributed by atoms with Crippen LogP contribution in [-0.4, -0.2) is 25.2 Å². The van der Waals surface area contributed by atoms with E-state index in [1.807, 2.05) is 29.0 Å². The molecule has 136 valence electrons. The molecule has 0 saturated carbocycles. The number of thiophene rings is 2. The van der Waals surface area contributed by atoms with Crippen molar-refractivity contribution in [1.29, 1.82) is 0 Å². The minimum absolute atomic E-state index is 0.271. The Morgan fingerprint density at radius 1 is 1.15 bits per heavy atom. The molecule has 5 nitrogen and oxygen atoms in total. The molecule has 2 N–H and O–H groups in total. The minimum atomic E-state index is -0.634. The van der Waals surface area contributed by atoms with Crippen LogP contribution < -0.4 is 14.8 Å². The first-order chi connectivity index (χ1) is 12.6. The minimum Gasteiger partial charge on any atom is -0.496 e. The summed E-state index contributed by atoms with van der Waals surface area (Å²) in [5.74, 6) is 0.649. The van der Waals surface area contributed by atoms with Crippen LogP contribution in [0.5, 0.6) is 11.5 Å². The van der Waals surface area contributed by atoms with Crippen molar-refractivity contribution in [2.75, 3.05) is 14.2 Å². The van der Waals surface area contributed by atoms with Gasteiger partial charge in [0.1, 0.15) is 23.2 Å². The zero-order chi connectivity index (χ0) is 18.5. The normalized spacial score (nSPS) is 11.8. The summed E-state index contributed by atoms with van der Waals surface area (Å²) in [4.78, 5) is 14.4. The first kappa shape index (κ1) is 18.4. The van der Waals surface area contributed by atoms with E-state index < -0.39 is 6.10 Å². The van der Waals surface area contributed by atoms with Crippen LogP contribution in [-0.2, 0) is 6.54 Å². The molecular weight excluding hydrogens is 370 g/mol. The Morgan fingerprint density at radius 3 is 2.50 bits per heavy atom. The number of rotatable bonds is 7. The molecule has 0 radical (unpaired) electrons. The van der Waals surface area contributed by atoms with Crippen molar-refractivity contribution in [3.8, 4) is 11.5 Å². The lowest BCUT2D eigenvalue weighted by Crippen LogP contribution is -2.23. The number of carbonyl (C=O) groups excluding carboxylic acids is 1. The zero-order valence-electron chi connectivity index (χ0n) is 14.4. The van der Waals surface area contributed by atoms with E-state index in [4.69, 9.17) is 9.47 Å². The molecule has 26 heavy (non-hydrogen) atoms. The fourth-order valence-corrected chi connectivity index (χ4v) is 4.21. The van der Waals surface area contributed by atoms with Gasteiger partial charge < -0.3 is 19.9 Å². The maximum atomic E-state index is 12.6. The highest BCUT2D eigenvalue weighted by molar-refractivity contribution is 7.12. The summed E-state index contributed by atoms with van der Waals surface area (Å²) in [7, 11) is 3.03. The monoisotopic (exact) mass is 389 g/mol. The number of aliphatic hydroxyl groups excluding tert-OH is 1. The Bertz CT molecular complexity index is 851. The summed E-state index contributed by atoms with van der Waals surface area (Å²) in [5.41, 5.74) is 1.25. The molecule has 0 spiro atoms. The molecule has 0 aliphatic rings. The third-order valence-electron chi connectivity index (χ3n) is 3.89. The van der Waals surface area contributed by atoms with Gasteiger partial charge in [0.25, 0.3) is 5.91 Å². The van der Waals surface area contributed by atoms with Crippen molar-refractivity contribution in [3.63, 3.8) is 0 Å². The summed E-state index contributed by atoms with van der Waals surface area (Å²) in [5, 5.41) is 17.1. The van der Waals surface area contributed by atoms with Crippen molar-refractivity contribution in [1.82, 2.24) is 5.32 Å². The molecule has 0 saturated heterocycles. The van der Waals surface area contributed by atoms with Crippen molar-refractivity contribution in [3.05, 3.63) is 68.0 Å². The van der Waals surface area contributed by atoms with E-state index in [1.54, 1.807) is 29.5 Å². The molecule has 0 aliphatic carbocycles. The summed E-state index contributed by atoms with van der Waals surface area (Å²) < 4.78 is 10.5. The van der Waals surface area contributed by atoms with Crippen LogP contribution >= 0.6 is 22.7 Å². The Hall–Kier alpha value is -2.35. The van der Waals surface area contributed by atoms with Gasteiger partial charge in [0.05, 0.1) is 20.8 Å². The smallest absolute Gasteiger partial charge is 0.259 e. The van der Waals surface area contributed by atoms with E-state index in [1.165, 1.54) is 25.6 Å². The number of benzene rings is 1. The number of methoxy groups -OCH3 is 2. The van der Waals surface area contributed by atoms with Crippen LogP contribution in [0.1, 0.15) is 31.8 Å². The number of ether oxygens (including phenoxy) is 2. The first-order valence-electron chi connectivity index (χ1n) is 7.92. The van der Waals surface area contributed by atoms with Gasteiger partial charge in [0, 0.05) is 9.75 Å². The van der Waals surface area contributed by atoms with Crippen LogP contribution in [0.2, 0.25) is 0 Å². The third-order valence-corrected chi connectivity index (χ3v) is 5.73. The highest BCUT2D eigenvalue weighted by Crippen LogP contribution is 2.30. The van der Waals surface area contributed by atoms with E-state index in [-0.39, 0.29) is 5.91 Å². The zero-order valence-corrected chi connectivity index (χ0v) is 16.0. The number of nitrogens with one attached hydrogen (secondary N) is 1. The van der Waals surface area contributed by atoms with Gasteiger partial charge in [-0.05, 0) is 46.7 Å². The van der Waals surface area contributed by atoms with Gasteiger partial charge in [-0.15, -0.1) is 11.3 Å². The van der Waals surface area contributed by atoms with E-state index in [9.17, 15) is 9.90 Å². The molecule has 0 fully saturated rings. The average molecular weight is 389 g/mol. The van der Waals surface area contributed by atoms with Gasteiger partial charge >= 0.3 is 0 Å². The summed E-state index contributed by atoms with van der Waals surface area (Å²) in [6, 6.07) is 10.9. The fourth-order valence-electron chi connectivity index (χ4n) is 2.56. The molecular formula is C19H19NO4S2. The molecule has 0 aliphatic heterocycles. The second kappa shape index (κ2) is 8.35. The van der Waals surface area contributed by atoms with Crippen LogP contribution in [0.3, 0.4) is 0 Å². The molecule has 1 amide bonds. The van der Waals surface area contributed by atoms with Crippen molar-refractivity contribution in [2.24, 2.45) is 0 Å². The number of aliphatic hydroxyl groups is 1. The van der Waals surface area contributed by atoms with Crippen molar-refractivity contribution >= 4 is 28.6 Å². The maximum absolute atomic E-state index is 12.6. The summed E-state index contributed by atoms with van der Waals surface area (Å²) in [6.45, 7) is 0.362. The second-order valence-electron chi connectivity index (χ2n) is 5.48. The number of hydrogen-bond donors (Lipinski definition) is 2. The largest absolute Gasteiger partial charge is 0.496 e. The highest BCUT2D eigenvalue weighted by Gasteiger charge is 2.18. The molecule has 1 aromatic carbocycles. The quantitative estimate of drug-likeness (QED) is 0.644. The Labute approximate surface area is 159 Å². The Morgan fingerprint density at radius 2 is 1.88 bits per heavy atom. The summed E-state index contributed by atoms with van der Waals surface area (Å²) in [6.07, 6.45) is -0.634.